The lowest BCUT2D eigenvalue weighted by atomic mass is 9.98. The van der Waals surface area contributed by atoms with Gasteiger partial charge in [-0.1, -0.05) is 121 Å². The van der Waals surface area contributed by atoms with Crippen LogP contribution in [0.4, 0.5) is 17.1 Å². The Morgan fingerprint density at radius 1 is 0.432 bits per heavy atom. The third-order valence-corrected chi connectivity index (χ3v) is 8.15. The molecule has 0 aliphatic carbocycles. The highest BCUT2D eigenvalue weighted by Gasteiger charge is 2.22. The summed E-state index contributed by atoms with van der Waals surface area (Å²) in [5, 5.41) is 0.994. The number of aromatic nitrogens is 1. The largest absolute Gasteiger partial charge is 0.452 e. The molecule has 0 N–H and O–H groups in total. The molecule has 0 aliphatic rings. The molecule has 2 heterocycles. The van der Waals surface area contributed by atoms with E-state index in [1.165, 1.54) is 22.3 Å². The molecule has 0 aliphatic heterocycles. The van der Waals surface area contributed by atoms with Gasteiger partial charge in [0.25, 0.3) is 0 Å². The fraction of sp³-hybridized carbons (Fsp3) is 0. The van der Waals surface area contributed by atoms with Gasteiger partial charge < -0.3 is 9.32 Å². The van der Waals surface area contributed by atoms with Gasteiger partial charge in [0.2, 0.25) is 0 Å². The number of nitrogens with zero attached hydrogens (tertiary/aromatic N) is 2. The second-order valence-electron chi connectivity index (χ2n) is 10.8. The van der Waals surface area contributed by atoms with E-state index in [-0.39, 0.29) is 0 Å². The molecule has 3 heteroatoms. The van der Waals surface area contributed by atoms with Crippen molar-refractivity contribution < 1.29 is 4.42 Å². The molecule has 8 rings (SSSR count). The third kappa shape index (κ3) is 4.61. The monoisotopic (exact) mass is 564 g/mol. The van der Waals surface area contributed by atoms with Gasteiger partial charge in [0.15, 0.2) is 11.2 Å². The van der Waals surface area contributed by atoms with Crippen molar-refractivity contribution in [2.24, 2.45) is 0 Å². The van der Waals surface area contributed by atoms with Crippen LogP contribution in [0.5, 0.6) is 0 Å². The molecular weight excluding hydrogens is 536 g/mol. The van der Waals surface area contributed by atoms with Crippen LogP contribution >= 0.6 is 0 Å². The molecule has 2 aromatic heterocycles. The van der Waals surface area contributed by atoms with E-state index in [9.17, 15) is 0 Å². The highest BCUT2D eigenvalue weighted by atomic mass is 16.3. The first-order valence-corrected chi connectivity index (χ1v) is 14.8. The van der Waals surface area contributed by atoms with E-state index < -0.39 is 0 Å². The number of anilines is 3. The van der Waals surface area contributed by atoms with Crippen molar-refractivity contribution in [1.82, 2.24) is 4.98 Å². The highest BCUT2D eigenvalue weighted by molar-refractivity contribution is 6.09. The van der Waals surface area contributed by atoms with E-state index in [1.54, 1.807) is 0 Å². The maximum Gasteiger partial charge on any atom is 0.161 e. The molecular formula is C41H28N2O. The van der Waals surface area contributed by atoms with Crippen molar-refractivity contribution >= 4 is 39.1 Å². The Labute approximate surface area is 256 Å². The molecule has 3 nitrogen and oxygen atoms in total. The molecule has 44 heavy (non-hydrogen) atoms. The van der Waals surface area contributed by atoms with E-state index >= 15 is 0 Å². The summed E-state index contributed by atoms with van der Waals surface area (Å²) in [7, 11) is 0. The van der Waals surface area contributed by atoms with Gasteiger partial charge >= 0.3 is 0 Å². The van der Waals surface area contributed by atoms with E-state index in [0.717, 1.165) is 50.3 Å². The molecule has 0 unspecified atom stereocenters. The minimum atomic E-state index is 0.777. The van der Waals surface area contributed by atoms with Gasteiger partial charge in [-0.2, -0.15) is 0 Å². The first-order chi connectivity index (χ1) is 21.8. The molecule has 0 fully saturated rings. The van der Waals surface area contributed by atoms with Crippen molar-refractivity contribution in [3.63, 3.8) is 0 Å². The maximum atomic E-state index is 6.51. The molecule has 8 aromatic rings. The summed E-state index contributed by atoms with van der Waals surface area (Å²) in [6.07, 6.45) is 1.82. The molecule has 0 bridgehead atoms. The number of para-hydroxylation sites is 2. The number of benzene rings is 6. The molecule has 6 aromatic carbocycles. The van der Waals surface area contributed by atoms with Gasteiger partial charge in [-0.25, -0.2) is 0 Å². The second kappa shape index (κ2) is 11.0. The maximum absolute atomic E-state index is 6.51. The van der Waals surface area contributed by atoms with Crippen LogP contribution in [0.15, 0.2) is 174 Å². The van der Waals surface area contributed by atoms with Crippen molar-refractivity contribution in [2.45, 2.75) is 0 Å². The Morgan fingerprint density at radius 3 is 1.70 bits per heavy atom. The smallest absolute Gasteiger partial charge is 0.161 e. The zero-order valence-electron chi connectivity index (χ0n) is 24.0. The molecule has 0 saturated heterocycles. The summed E-state index contributed by atoms with van der Waals surface area (Å²) >= 11 is 0. The molecule has 208 valence electrons. The van der Waals surface area contributed by atoms with E-state index in [2.05, 4.69) is 149 Å². The van der Waals surface area contributed by atoms with Crippen LogP contribution in [-0.2, 0) is 0 Å². The first kappa shape index (κ1) is 25.8. The van der Waals surface area contributed by atoms with Crippen LogP contribution in [0, 0.1) is 0 Å². The van der Waals surface area contributed by atoms with Crippen LogP contribution in [0.3, 0.4) is 0 Å². The zero-order chi connectivity index (χ0) is 29.3. The Bertz CT molecular complexity index is 2200. The summed E-state index contributed by atoms with van der Waals surface area (Å²) in [5.74, 6) is 0. The van der Waals surface area contributed by atoms with Crippen LogP contribution in [0.2, 0.25) is 0 Å². The fourth-order valence-electron chi connectivity index (χ4n) is 6.01. The van der Waals surface area contributed by atoms with Gasteiger partial charge in [-0.05, 0) is 70.3 Å². The van der Waals surface area contributed by atoms with Gasteiger partial charge in [0.1, 0.15) is 5.52 Å². The van der Waals surface area contributed by atoms with Gasteiger partial charge in [0.05, 0.1) is 11.4 Å². The number of rotatable bonds is 6. The number of furan rings is 1. The summed E-state index contributed by atoms with van der Waals surface area (Å²) in [6.45, 7) is 0. The molecule has 0 amide bonds. The normalized spacial score (nSPS) is 11.2. The van der Waals surface area contributed by atoms with Crippen molar-refractivity contribution in [1.29, 1.82) is 0 Å². The quantitative estimate of drug-likeness (QED) is 0.201. The van der Waals surface area contributed by atoms with Crippen molar-refractivity contribution in [2.75, 3.05) is 4.90 Å². The standard InChI is InChI=1S/C41H28N2O/c1-3-11-29(12-4-1)31-20-22-33(23-21-31)35-15-7-8-17-37(35)43(34-26-24-32(25-27-34)30-13-5-2-6-14-30)38-18-9-16-36-40-39(44-41(36)38)19-10-28-42-40/h1-28H. The Hall–Kier alpha value is -5.93. The van der Waals surface area contributed by atoms with Gasteiger partial charge in [-0.3, -0.25) is 4.98 Å². The van der Waals surface area contributed by atoms with Gasteiger partial charge in [0, 0.05) is 22.8 Å². The Balaban J connectivity index is 1.31. The Morgan fingerprint density at radius 2 is 1.00 bits per heavy atom. The van der Waals surface area contributed by atoms with Crippen LogP contribution in [0.1, 0.15) is 0 Å². The number of hydrogen-bond donors (Lipinski definition) is 0. The predicted octanol–water partition coefficient (Wildman–Crippen LogP) is 11.5. The van der Waals surface area contributed by atoms with E-state index in [4.69, 9.17) is 4.42 Å². The predicted molar refractivity (Wildman–Crippen MR) is 183 cm³/mol. The van der Waals surface area contributed by atoms with Crippen LogP contribution in [-0.4, -0.2) is 4.98 Å². The first-order valence-electron chi connectivity index (χ1n) is 14.8. The Kier molecular flexibility index (Phi) is 6.47. The summed E-state index contributed by atoms with van der Waals surface area (Å²) in [6, 6.07) is 57.3. The lowest BCUT2D eigenvalue weighted by molar-refractivity contribution is 0.668. The zero-order valence-corrected chi connectivity index (χ0v) is 24.0. The number of fused-ring (bicyclic) bond motifs is 3. The molecule has 0 atom stereocenters. The number of hydrogen-bond acceptors (Lipinski definition) is 3. The van der Waals surface area contributed by atoms with Gasteiger partial charge in [-0.15, -0.1) is 0 Å². The SMILES string of the molecule is c1ccc(-c2ccc(-c3ccccc3N(c3ccc(-c4ccccc4)cc3)c3cccc4c3oc3cccnc34)cc2)cc1. The molecule has 0 spiro atoms. The average Bonchev–Trinajstić information content (AvgIpc) is 3.49. The van der Waals surface area contributed by atoms with E-state index in [1.807, 2.05) is 30.5 Å². The van der Waals surface area contributed by atoms with Crippen LogP contribution in [0.25, 0.3) is 55.4 Å². The highest BCUT2D eigenvalue weighted by Crippen LogP contribution is 2.45. The van der Waals surface area contributed by atoms with E-state index in [0.29, 0.717) is 0 Å². The lowest BCUT2D eigenvalue weighted by Crippen LogP contribution is -2.11. The molecule has 0 radical (unpaired) electrons. The molecule has 0 saturated carbocycles. The summed E-state index contributed by atoms with van der Waals surface area (Å²) in [5.41, 5.74) is 12.6. The van der Waals surface area contributed by atoms with Crippen molar-refractivity contribution in [3.05, 3.63) is 170 Å². The minimum Gasteiger partial charge on any atom is -0.452 e. The summed E-state index contributed by atoms with van der Waals surface area (Å²) in [4.78, 5) is 6.95. The second-order valence-corrected chi connectivity index (χ2v) is 10.8. The van der Waals surface area contributed by atoms with Crippen molar-refractivity contribution in [3.8, 4) is 33.4 Å². The topological polar surface area (TPSA) is 29.3 Å². The summed E-state index contributed by atoms with van der Waals surface area (Å²) < 4.78 is 6.51. The fourth-order valence-corrected chi connectivity index (χ4v) is 6.01. The van der Waals surface area contributed by atoms with Crippen LogP contribution < -0.4 is 4.90 Å². The average molecular weight is 565 g/mol. The lowest BCUT2D eigenvalue weighted by Gasteiger charge is -2.28. The minimum absolute atomic E-state index is 0.777. The number of pyridine rings is 1. The third-order valence-electron chi connectivity index (χ3n) is 8.15.